The number of anilines is 1. The van der Waals surface area contributed by atoms with E-state index in [0.717, 1.165) is 64.6 Å². The average molecular weight is 600 g/mol. The second-order valence-corrected chi connectivity index (χ2v) is 12.0. The van der Waals surface area contributed by atoms with Crippen molar-refractivity contribution in [2.45, 2.75) is 57.5 Å². The number of amidine groups is 1. The van der Waals surface area contributed by atoms with Crippen LogP contribution < -0.4 is 26.0 Å². The Hall–Kier alpha value is -3.24. The lowest BCUT2D eigenvalue weighted by atomic mass is 10.0. The summed E-state index contributed by atoms with van der Waals surface area (Å²) in [7, 11) is 5.80. The number of amides is 2. The zero-order valence-corrected chi connectivity index (χ0v) is 25.9. The number of rotatable bonds is 11. The Bertz CT molecular complexity index is 1180. The largest absolute Gasteiger partial charge is 0.489 e. The molecule has 1 aromatic rings. The number of hydrogen-bond donors (Lipinski definition) is 5. The van der Waals surface area contributed by atoms with Gasteiger partial charge in [0, 0.05) is 63.2 Å². The molecule has 230 valence electrons. The van der Waals surface area contributed by atoms with Gasteiger partial charge in [0.1, 0.15) is 23.5 Å². The number of ether oxygens (including phenoxy) is 1. The van der Waals surface area contributed by atoms with Crippen LogP contribution in [0, 0.1) is 11.3 Å². The molecule has 10 nitrogen and oxygen atoms in total. The summed E-state index contributed by atoms with van der Waals surface area (Å²) in [6, 6.07) is 5.39. The van der Waals surface area contributed by atoms with Gasteiger partial charge in [-0.1, -0.05) is 24.4 Å². The molecule has 0 unspecified atom stereocenters. The van der Waals surface area contributed by atoms with Crippen LogP contribution in [0.5, 0.6) is 5.75 Å². The fourth-order valence-corrected chi connectivity index (χ4v) is 5.96. The first-order valence-corrected chi connectivity index (χ1v) is 15.5. The molecule has 1 saturated carbocycles. The Morgan fingerprint density at radius 1 is 1.17 bits per heavy atom. The van der Waals surface area contributed by atoms with Crippen molar-refractivity contribution >= 4 is 34.9 Å². The summed E-state index contributed by atoms with van der Waals surface area (Å²) in [6.45, 7) is 3.51. The number of halogens is 1. The highest BCUT2D eigenvalue weighted by atomic mass is 35.5. The molecule has 0 atom stereocenters. The van der Waals surface area contributed by atoms with E-state index in [1.807, 2.05) is 31.1 Å². The van der Waals surface area contributed by atoms with Crippen LogP contribution in [-0.4, -0.2) is 87.4 Å². The summed E-state index contributed by atoms with van der Waals surface area (Å²) in [6.07, 6.45) is 9.13. The predicted octanol–water partition coefficient (Wildman–Crippen LogP) is 3.71. The van der Waals surface area contributed by atoms with Crippen LogP contribution in [0.25, 0.3) is 0 Å². The topological polar surface area (TPSA) is 122 Å². The molecule has 11 heteroatoms. The molecule has 0 spiro atoms. The van der Waals surface area contributed by atoms with E-state index in [4.69, 9.17) is 21.7 Å². The molecule has 3 aliphatic rings. The second kappa shape index (κ2) is 15.3. The number of nitrogens with zero attached hydrogens (tertiary/aromatic N) is 2. The quantitative estimate of drug-likeness (QED) is 0.149. The summed E-state index contributed by atoms with van der Waals surface area (Å²) in [5.74, 6) is 1.80. The lowest BCUT2D eigenvalue weighted by molar-refractivity contribution is -0.137. The number of nitrogens with one attached hydrogen (secondary N) is 5. The molecule has 2 fully saturated rings. The fourth-order valence-electron chi connectivity index (χ4n) is 5.74. The van der Waals surface area contributed by atoms with Gasteiger partial charge in [0.2, 0.25) is 11.8 Å². The average Bonchev–Trinajstić information content (AvgIpc) is 3.43. The molecule has 2 aliphatic heterocycles. The van der Waals surface area contributed by atoms with Gasteiger partial charge < -0.3 is 35.8 Å². The van der Waals surface area contributed by atoms with Crippen molar-refractivity contribution in [3.05, 3.63) is 46.3 Å². The number of carbonyl (C=O) groups is 2. The predicted molar refractivity (Wildman–Crippen MR) is 168 cm³/mol. The Balaban J connectivity index is 1.34. The molecular weight excluding hydrogens is 554 g/mol. The Morgan fingerprint density at radius 3 is 2.57 bits per heavy atom. The van der Waals surface area contributed by atoms with Crippen molar-refractivity contribution < 1.29 is 14.3 Å². The monoisotopic (exact) mass is 599 g/mol. The fraction of sp³-hybridized carbons (Fsp3) is 0.581. The summed E-state index contributed by atoms with van der Waals surface area (Å²) >= 11 is 6.61. The SMILES string of the molecule is CNC1=C(C(=N)Nc2ccc(OC3CCN(C(=O)C4CCCC4)CC3)c(Cl)c2)C=C(C(=O)NCCCN(C)C)CCN1. The van der Waals surface area contributed by atoms with Crippen LogP contribution in [0.4, 0.5) is 5.69 Å². The van der Waals surface area contributed by atoms with Crippen molar-refractivity contribution in [1.29, 1.82) is 5.41 Å². The second-order valence-electron chi connectivity index (χ2n) is 11.6. The molecule has 42 heavy (non-hydrogen) atoms. The van der Waals surface area contributed by atoms with Gasteiger partial charge in [-0.15, -0.1) is 0 Å². The smallest absolute Gasteiger partial charge is 0.247 e. The molecule has 4 rings (SSSR count). The maximum Gasteiger partial charge on any atom is 0.247 e. The maximum absolute atomic E-state index is 12.9. The van der Waals surface area contributed by atoms with Gasteiger partial charge in [-0.2, -0.15) is 0 Å². The Morgan fingerprint density at radius 2 is 1.90 bits per heavy atom. The van der Waals surface area contributed by atoms with Gasteiger partial charge in [-0.3, -0.25) is 15.0 Å². The molecule has 0 radical (unpaired) electrons. The van der Waals surface area contributed by atoms with Crippen molar-refractivity contribution in [2.24, 2.45) is 5.92 Å². The highest BCUT2D eigenvalue weighted by Crippen LogP contribution is 2.32. The van der Waals surface area contributed by atoms with E-state index in [1.165, 1.54) is 0 Å². The molecule has 2 heterocycles. The summed E-state index contributed by atoms with van der Waals surface area (Å²) in [5.41, 5.74) is 1.82. The number of piperidine rings is 1. The van der Waals surface area contributed by atoms with Crippen LogP contribution >= 0.6 is 11.6 Å². The molecule has 5 N–H and O–H groups in total. The lowest BCUT2D eigenvalue weighted by Crippen LogP contribution is -2.44. The third-order valence-electron chi connectivity index (χ3n) is 8.12. The van der Waals surface area contributed by atoms with Crippen molar-refractivity contribution in [3.63, 3.8) is 0 Å². The molecule has 1 aliphatic carbocycles. The highest BCUT2D eigenvalue weighted by molar-refractivity contribution is 6.32. The molecule has 1 aromatic carbocycles. The first-order chi connectivity index (χ1) is 20.2. The van der Waals surface area contributed by atoms with E-state index in [-0.39, 0.29) is 23.8 Å². The minimum Gasteiger partial charge on any atom is -0.489 e. The first-order valence-electron chi connectivity index (χ1n) is 15.2. The third-order valence-corrected chi connectivity index (χ3v) is 8.41. The van der Waals surface area contributed by atoms with Crippen molar-refractivity contribution in [3.8, 4) is 5.75 Å². The molecule has 2 amide bonds. The number of likely N-dealkylation sites (tertiary alicyclic amines) is 1. The van der Waals surface area contributed by atoms with Crippen LogP contribution in [0.3, 0.4) is 0 Å². The minimum absolute atomic E-state index is 0.00484. The zero-order valence-electron chi connectivity index (χ0n) is 25.2. The van der Waals surface area contributed by atoms with Gasteiger partial charge in [0.05, 0.1) is 10.6 Å². The van der Waals surface area contributed by atoms with Crippen molar-refractivity contribution in [2.75, 3.05) is 59.2 Å². The van der Waals surface area contributed by atoms with E-state index in [1.54, 1.807) is 19.2 Å². The van der Waals surface area contributed by atoms with Crippen LogP contribution in [0.1, 0.15) is 51.4 Å². The van der Waals surface area contributed by atoms with Gasteiger partial charge >= 0.3 is 0 Å². The van der Waals surface area contributed by atoms with Crippen LogP contribution in [0.2, 0.25) is 5.02 Å². The number of hydrogen-bond acceptors (Lipinski definition) is 7. The number of benzene rings is 1. The Labute approximate surface area is 254 Å². The molecule has 0 aromatic heterocycles. The zero-order chi connectivity index (χ0) is 30.1. The normalized spacial score (nSPS) is 18.3. The summed E-state index contributed by atoms with van der Waals surface area (Å²) < 4.78 is 6.22. The third kappa shape index (κ3) is 8.64. The van der Waals surface area contributed by atoms with Crippen molar-refractivity contribution in [1.82, 2.24) is 25.8 Å². The van der Waals surface area contributed by atoms with Crippen LogP contribution in [-0.2, 0) is 9.59 Å². The summed E-state index contributed by atoms with van der Waals surface area (Å²) in [4.78, 5) is 29.7. The van der Waals surface area contributed by atoms with E-state index >= 15 is 0 Å². The summed E-state index contributed by atoms with van der Waals surface area (Å²) in [5, 5.41) is 21.8. The van der Waals surface area contributed by atoms with Gasteiger partial charge in [-0.25, -0.2) is 0 Å². The Kier molecular flexibility index (Phi) is 11.5. The standard InChI is InChI=1S/C31H46ClN7O3/c1-34-29-25(19-22(11-15-35-29)30(40)36-14-6-16-38(2)3)28(33)37-23-9-10-27(26(32)20-23)42-24-12-17-39(18-13-24)31(41)21-7-4-5-8-21/h9-10,19-21,24,34-35H,4-8,11-18H2,1-3H3,(H2,33,37)(H,36,40). The van der Waals surface area contributed by atoms with Gasteiger partial charge in [0.25, 0.3) is 0 Å². The molecular formula is C31H46ClN7O3. The van der Waals surface area contributed by atoms with E-state index in [9.17, 15) is 9.59 Å². The lowest BCUT2D eigenvalue weighted by Gasteiger charge is -2.33. The van der Waals surface area contributed by atoms with Crippen LogP contribution in [0.15, 0.2) is 41.2 Å². The van der Waals surface area contributed by atoms with Gasteiger partial charge in [0.15, 0.2) is 0 Å². The van der Waals surface area contributed by atoms with Gasteiger partial charge in [-0.05, 0) is 70.6 Å². The maximum atomic E-state index is 12.9. The van der Waals surface area contributed by atoms with E-state index < -0.39 is 0 Å². The van der Waals surface area contributed by atoms with E-state index in [0.29, 0.717) is 58.8 Å². The highest BCUT2D eigenvalue weighted by Gasteiger charge is 2.30. The molecule has 0 bridgehead atoms. The van der Waals surface area contributed by atoms with E-state index in [2.05, 4.69) is 26.2 Å². The first kappa shape index (κ1) is 31.7. The number of carbonyl (C=O) groups excluding carboxylic acids is 2. The minimum atomic E-state index is -0.114. The molecule has 1 saturated heterocycles.